The van der Waals surface area contributed by atoms with Gasteiger partial charge >= 0.3 is 0 Å². The molecule has 1 aromatic heterocycles. The van der Waals surface area contributed by atoms with E-state index in [1.165, 1.54) is 16.8 Å². The Balaban J connectivity index is 1.46. The summed E-state index contributed by atoms with van der Waals surface area (Å²) in [7, 11) is 0. The Labute approximate surface area is 149 Å². The molecule has 4 nitrogen and oxygen atoms in total. The van der Waals surface area contributed by atoms with E-state index >= 15 is 0 Å². The van der Waals surface area contributed by atoms with Gasteiger partial charge in [0, 0.05) is 5.69 Å². The number of fused-ring (bicyclic) bond motifs is 1. The minimum Gasteiger partial charge on any atom is -0.325 e. The van der Waals surface area contributed by atoms with Crippen molar-refractivity contribution in [2.45, 2.75) is 18.9 Å². The van der Waals surface area contributed by atoms with Crippen molar-refractivity contribution in [1.29, 1.82) is 0 Å². The van der Waals surface area contributed by atoms with Gasteiger partial charge in [-0.3, -0.25) is 9.69 Å². The zero-order valence-electron chi connectivity index (χ0n) is 13.6. The molecule has 2 heterocycles. The average Bonchev–Trinajstić information content (AvgIpc) is 3.20. The zero-order chi connectivity index (χ0) is 17.2. The fraction of sp³-hybridized carbons (Fsp3) is 0.263. The first kappa shape index (κ1) is 16.2. The number of nitrogens with one attached hydrogen (secondary N) is 1. The molecule has 128 valence electrons. The molecule has 0 aliphatic carbocycles. The number of amides is 1. The number of aromatic nitrogens is 1. The molecule has 6 heteroatoms. The third-order valence-electron chi connectivity index (χ3n) is 4.41. The number of nitrogens with zero attached hydrogens (tertiary/aromatic N) is 2. The van der Waals surface area contributed by atoms with E-state index in [-0.39, 0.29) is 24.3 Å². The predicted octanol–water partition coefficient (Wildman–Crippen LogP) is 4.21. The summed E-state index contributed by atoms with van der Waals surface area (Å²) in [4.78, 5) is 19.2. The Hall–Kier alpha value is -2.31. The third kappa shape index (κ3) is 3.55. The van der Waals surface area contributed by atoms with E-state index in [2.05, 4.69) is 16.3 Å². The van der Waals surface area contributed by atoms with Gasteiger partial charge in [0.15, 0.2) is 0 Å². The first-order valence-corrected chi connectivity index (χ1v) is 9.15. The largest absolute Gasteiger partial charge is 0.325 e. The van der Waals surface area contributed by atoms with E-state index in [1.807, 2.05) is 18.2 Å². The quantitative estimate of drug-likeness (QED) is 0.762. The lowest BCUT2D eigenvalue weighted by atomic mass is 10.2. The summed E-state index contributed by atoms with van der Waals surface area (Å²) in [6, 6.07) is 14.2. The van der Waals surface area contributed by atoms with Gasteiger partial charge in [-0.2, -0.15) is 0 Å². The molecule has 3 aromatic rings. The Kier molecular flexibility index (Phi) is 4.46. The minimum absolute atomic E-state index is 0.126. The molecule has 1 saturated heterocycles. The minimum atomic E-state index is -0.355. The maximum absolute atomic E-state index is 13.2. The lowest BCUT2D eigenvalue weighted by molar-refractivity contribution is -0.117. The van der Waals surface area contributed by atoms with Crippen LogP contribution in [0.5, 0.6) is 0 Å². The highest BCUT2D eigenvalue weighted by atomic mass is 32.1. The second kappa shape index (κ2) is 6.90. The number of halogens is 1. The van der Waals surface area contributed by atoms with Crippen LogP contribution in [0.2, 0.25) is 0 Å². The molecular weight excluding hydrogens is 337 g/mol. The molecule has 1 fully saturated rings. The molecule has 0 saturated carbocycles. The van der Waals surface area contributed by atoms with E-state index in [0.29, 0.717) is 5.69 Å². The van der Waals surface area contributed by atoms with Crippen LogP contribution in [0.3, 0.4) is 0 Å². The third-order valence-corrected chi connectivity index (χ3v) is 5.55. The van der Waals surface area contributed by atoms with Crippen molar-refractivity contribution in [1.82, 2.24) is 9.88 Å². The number of para-hydroxylation sites is 1. The number of carbonyl (C=O) groups is 1. The van der Waals surface area contributed by atoms with Gasteiger partial charge in [-0.15, -0.1) is 11.3 Å². The first-order chi connectivity index (χ1) is 12.2. The predicted molar refractivity (Wildman–Crippen MR) is 98.2 cm³/mol. The molecule has 2 aromatic carbocycles. The van der Waals surface area contributed by atoms with Gasteiger partial charge in [-0.1, -0.05) is 18.2 Å². The summed E-state index contributed by atoms with van der Waals surface area (Å²) in [6.07, 6.45) is 2.06. The van der Waals surface area contributed by atoms with Gasteiger partial charge in [0.05, 0.1) is 22.8 Å². The average molecular weight is 355 g/mol. The van der Waals surface area contributed by atoms with Gasteiger partial charge < -0.3 is 5.32 Å². The Bertz CT molecular complexity index is 877. The lowest BCUT2D eigenvalue weighted by Gasteiger charge is -2.22. The molecular formula is C19H18FN3OS. The molecule has 1 N–H and O–H groups in total. The van der Waals surface area contributed by atoms with Crippen molar-refractivity contribution in [2.24, 2.45) is 0 Å². The second-order valence-corrected chi connectivity index (χ2v) is 7.27. The lowest BCUT2D eigenvalue weighted by Crippen LogP contribution is -2.32. The van der Waals surface area contributed by atoms with Gasteiger partial charge in [-0.05, 0) is 49.7 Å². The molecule has 1 unspecified atom stereocenters. The molecule has 1 amide bonds. The molecule has 1 atom stereocenters. The number of likely N-dealkylation sites (tertiary alicyclic amines) is 1. The number of anilines is 1. The van der Waals surface area contributed by atoms with Crippen molar-refractivity contribution < 1.29 is 9.18 Å². The molecule has 25 heavy (non-hydrogen) atoms. The normalized spacial score (nSPS) is 17.9. The molecule has 0 bridgehead atoms. The number of hydrogen-bond donors (Lipinski definition) is 1. The molecule has 1 aliphatic heterocycles. The van der Waals surface area contributed by atoms with Crippen LogP contribution in [-0.4, -0.2) is 28.9 Å². The SMILES string of the molecule is O=C(CN1CCCC1c1nc2ccccc2s1)Nc1cccc(F)c1. The highest BCUT2D eigenvalue weighted by Crippen LogP contribution is 2.36. The van der Waals surface area contributed by atoms with E-state index in [0.717, 1.165) is 29.9 Å². The fourth-order valence-electron chi connectivity index (χ4n) is 3.28. The number of rotatable bonds is 4. The zero-order valence-corrected chi connectivity index (χ0v) is 14.4. The standard InChI is InChI=1S/C19H18FN3OS/c20-13-5-3-6-14(11-13)21-18(24)12-23-10-4-8-16(23)19-22-15-7-1-2-9-17(15)25-19/h1-3,5-7,9,11,16H,4,8,10,12H2,(H,21,24). The summed E-state index contributed by atoms with van der Waals surface area (Å²) in [6.45, 7) is 1.16. The van der Waals surface area contributed by atoms with Crippen molar-refractivity contribution in [3.05, 3.63) is 59.4 Å². The van der Waals surface area contributed by atoms with Gasteiger partial charge in [0.25, 0.3) is 0 Å². The van der Waals surface area contributed by atoms with Gasteiger partial charge in [0.1, 0.15) is 10.8 Å². The van der Waals surface area contributed by atoms with Crippen molar-refractivity contribution in [2.75, 3.05) is 18.4 Å². The maximum atomic E-state index is 13.2. The number of benzene rings is 2. The van der Waals surface area contributed by atoms with E-state index < -0.39 is 0 Å². The fourth-order valence-corrected chi connectivity index (χ4v) is 4.42. The Morgan fingerprint density at radius 2 is 2.16 bits per heavy atom. The van der Waals surface area contributed by atoms with Crippen LogP contribution in [-0.2, 0) is 4.79 Å². The Morgan fingerprint density at radius 3 is 3.00 bits per heavy atom. The summed E-state index contributed by atoms with van der Waals surface area (Å²) < 4.78 is 14.4. The number of thiazole rings is 1. The summed E-state index contributed by atoms with van der Waals surface area (Å²) in [5, 5.41) is 3.84. The van der Waals surface area contributed by atoms with Gasteiger partial charge in [0.2, 0.25) is 5.91 Å². The van der Waals surface area contributed by atoms with Gasteiger partial charge in [-0.25, -0.2) is 9.37 Å². The van der Waals surface area contributed by atoms with Crippen LogP contribution in [0.15, 0.2) is 48.5 Å². The molecule has 0 spiro atoms. The molecule has 0 radical (unpaired) electrons. The highest BCUT2D eigenvalue weighted by Gasteiger charge is 2.30. The number of carbonyl (C=O) groups excluding carboxylic acids is 1. The highest BCUT2D eigenvalue weighted by molar-refractivity contribution is 7.18. The van der Waals surface area contributed by atoms with Crippen molar-refractivity contribution in [3.63, 3.8) is 0 Å². The van der Waals surface area contributed by atoms with Crippen LogP contribution in [0.25, 0.3) is 10.2 Å². The van der Waals surface area contributed by atoms with Crippen LogP contribution in [0.1, 0.15) is 23.9 Å². The first-order valence-electron chi connectivity index (χ1n) is 8.34. The Morgan fingerprint density at radius 1 is 1.28 bits per heavy atom. The summed E-state index contributed by atoms with van der Waals surface area (Å²) in [5.41, 5.74) is 1.50. The van der Waals surface area contributed by atoms with Crippen LogP contribution >= 0.6 is 11.3 Å². The van der Waals surface area contributed by atoms with E-state index in [9.17, 15) is 9.18 Å². The van der Waals surface area contributed by atoms with E-state index in [4.69, 9.17) is 4.98 Å². The molecule has 4 rings (SSSR count). The summed E-state index contributed by atoms with van der Waals surface area (Å²) in [5.74, 6) is -0.482. The topological polar surface area (TPSA) is 45.2 Å². The van der Waals surface area contributed by atoms with Crippen molar-refractivity contribution >= 4 is 33.1 Å². The van der Waals surface area contributed by atoms with Crippen molar-refractivity contribution in [3.8, 4) is 0 Å². The second-order valence-electron chi connectivity index (χ2n) is 6.21. The monoisotopic (exact) mass is 355 g/mol. The smallest absolute Gasteiger partial charge is 0.238 e. The van der Waals surface area contributed by atoms with Crippen LogP contribution in [0, 0.1) is 5.82 Å². The van der Waals surface area contributed by atoms with Crippen LogP contribution < -0.4 is 5.32 Å². The maximum Gasteiger partial charge on any atom is 0.238 e. The van der Waals surface area contributed by atoms with Crippen LogP contribution in [0.4, 0.5) is 10.1 Å². The molecule has 1 aliphatic rings. The summed E-state index contributed by atoms with van der Waals surface area (Å²) >= 11 is 1.70. The van der Waals surface area contributed by atoms with E-state index in [1.54, 1.807) is 23.5 Å². The number of hydrogen-bond acceptors (Lipinski definition) is 4.